The Labute approximate surface area is 228 Å². The maximum Gasteiger partial charge on any atom is 0.230 e. The number of carbonyl (C=O) groups is 4. The van der Waals surface area contributed by atoms with Gasteiger partial charge in [-0.3, -0.25) is 19.2 Å². The monoisotopic (exact) mass is 543 g/mol. The summed E-state index contributed by atoms with van der Waals surface area (Å²) in [5.41, 5.74) is 0.635. The molecular weight excluding hydrogens is 502 g/mol. The van der Waals surface area contributed by atoms with E-state index in [2.05, 4.69) is 0 Å². The van der Waals surface area contributed by atoms with Crippen LogP contribution in [0.2, 0.25) is 0 Å². The number of ketones is 3. The number of primary amides is 1. The number of benzene rings is 1. The molecule has 9 nitrogen and oxygen atoms in total. The molecule has 2 unspecified atom stereocenters. The van der Waals surface area contributed by atoms with Crippen molar-refractivity contribution in [1.82, 2.24) is 0 Å². The molecule has 0 aromatic heterocycles. The van der Waals surface area contributed by atoms with E-state index in [0.29, 0.717) is 12.0 Å². The zero-order valence-corrected chi connectivity index (χ0v) is 23.5. The van der Waals surface area contributed by atoms with Crippen molar-refractivity contribution in [2.75, 3.05) is 0 Å². The predicted octanol–water partition coefficient (Wildman–Crippen LogP) is 2.12. The predicted molar refractivity (Wildman–Crippen MR) is 142 cm³/mol. The molecular formula is C30H41NO8. The molecule has 39 heavy (non-hydrogen) atoms. The van der Waals surface area contributed by atoms with Crippen LogP contribution in [0.5, 0.6) is 5.75 Å². The van der Waals surface area contributed by atoms with Gasteiger partial charge in [-0.05, 0) is 47.1 Å². The third-order valence-electron chi connectivity index (χ3n) is 10.8. The number of nitrogens with two attached hydrogens (primary N) is 1. The normalized spacial score (nSPS) is 41.5. The minimum Gasteiger partial charge on any atom is -0.507 e. The van der Waals surface area contributed by atoms with Crippen molar-refractivity contribution in [3.8, 4) is 5.75 Å². The molecule has 9 heteroatoms. The van der Waals surface area contributed by atoms with Crippen LogP contribution in [0.4, 0.5) is 0 Å². The molecule has 214 valence electrons. The van der Waals surface area contributed by atoms with Crippen molar-refractivity contribution in [3.05, 3.63) is 29.3 Å². The number of carbonyl (C=O) groups excluding carboxylic acids is 4. The van der Waals surface area contributed by atoms with Crippen LogP contribution in [0.15, 0.2) is 18.2 Å². The molecule has 3 aliphatic carbocycles. The van der Waals surface area contributed by atoms with Crippen LogP contribution in [0.25, 0.3) is 0 Å². The molecule has 0 spiro atoms. The molecule has 1 aromatic rings. The summed E-state index contributed by atoms with van der Waals surface area (Å²) in [6.07, 6.45) is -2.86. The van der Waals surface area contributed by atoms with Gasteiger partial charge in [-0.15, -0.1) is 0 Å². The van der Waals surface area contributed by atoms with E-state index < -0.39 is 81.6 Å². The third kappa shape index (κ3) is 3.55. The van der Waals surface area contributed by atoms with Crippen molar-refractivity contribution < 1.29 is 39.6 Å². The van der Waals surface area contributed by atoms with Gasteiger partial charge in [0, 0.05) is 18.3 Å². The van der Waals surface area contributed by atoms with Crippen LogP contribution in [-0.4, -0.2) is 61.5 Å². The number of phenolic OH excluding ortho intramolecular Hbond substituents is 1. The zero-order valence-electron chi connectivity index (χ0n) is 23.5. The Kier molecular flexibility index (Phi) is 7.15. The molecule has 10 atom stereocenters. The molecule has 1 amide bonds. The minimum atomic E-state index is -2.68. The van der Waals surface area contributed by atoms with Gasteiger partial charge in [0.05, 0.1) is 17.6 Å². The average Bonchev–Trinajstić information content (AvgIpc) is 2.83. The number of amides is 1. The lowest BCUT2D eigenvalue weighted by atomic mass is 9.33. The number of rotatable bonds is 6. The van der Waals surface area contributed by atoms with Crippen molar-refractivity contribution in [2.24, 2.45) is 46.2 Å². The lowest BCUT2D eigenvalue weighted by Crippen LogP contribution is -2.82. The highest BCUT2D eigenvalue weighted by Crippen LogP contribution is 2.71. The van der Waals surface area contributed by atoms with Gasteiger partial charge in [0.25, 0.3) is 0 Å². The first-order valence-electron chi connectivity index (χ1n) is 13.8. The summed E-state index contributed by atoms with van der Waals surface area (Å²) >= 11 is 0. The largest absolute Gasteiger partial charge is 0.507 e. The van der Waals surface area contributed by atoms with E-state index in [4.69, 9.17) is 5.73 Å². The van der Waals surface area contributed by atoms with Gasteiger partial charge in [0.15, 0.2) is 17.2 Å². The van der Waals surface area contributed by atoms with Crippen LogP contribution in [0.3, 0.4) is 0 Å². The summed E-state index contributed by atoms with van der Waals surface area (Å²) in [4.78, 5) is 54.0. The highest BCUT2D eigenvalue weighted by molar-refractivity contribution is 6.09. The number of hydrogen-bond donors (Lipinski definition) is 5. The lowest BCUT2D eigenvalue weighted by molar-refractivity contribution is -0.292. The van der Waals surface area contributed by atoms with Crippen molar-refractivity contribution in [1.29, 1.82) is 0 Å². The van der Waals surface area contributed by atoms with Gasteiger partial charge in [0.2, 0.25) is 5.91 Å². The Morgan fingerprint density at radius 3 is 2.28 bits per heavy atom. The molecule has 0 bridgehead atoms. The van der Waals surface area contributed by atoms with Gasteiger partial charge >= 0.3 is 0 Å². The first-order chi connectivity index (χ1) is 18.0. The van der Waals surface area contributed by atoms with Crippen LogP contribution in [-0.2, 0) is 14.4 Å². The molecule has 2 fully saturated rings. The Morgan fingerprint density at radius 2 is 1.74 bits per heavy atom. The quantitative estimate of drug-likeness (QED) is 0.339. The fourth-order valence-corrected chi connectivity index (χ4v) is 8.98. The number of aliphatic hydroxyl groups excluding tert-OH is 2. The summed E-state index contributed by atoms with van der Waals surface area (Å²) in [6, 6.07) is 4.71. The van der Waals surface area contributed by atoms with E-state index in [-0.39, 0.29) is 29.9 Å². The maximum absolute atomic E-state index is 14.1. The number of phenols is 1. The molecule has 2 saturated carbocycles. The van der Waals surface area contributed by atoms with E-state index in [0.717, 1.165) is 0 Å². The van der Waals surface area contributed by atoms with Gasteiger partial charge in [-0.25, -0.2) is 0 Å². The van der Waals surface area contributed by atoms with Gasteiger partial charge < -0.3 is 26.2 Å². The third-order valence-corrected chi connectivity index (χ3v) is 10.8. The molecule has 4 rings (SSSR count). The van der Waals surface area contributed by atoms with Gasteiger partial charge in [-0.1, -0.05) is 53.7 Å². The van der Waals surface area contributed by atoms with Crippen molar-refractivity contribution in [2.45, 2.75) is 84.5 Å². The summed E-state index contributed by atoms with van der Waals surface area (Å²) in [7, 11) is 0. The summed E-state index contributed by atoms with van der Waals surface area (Å²) in [5.74, 6) is -9.23. The molecule has 0 saturated heterocycles. The Balaban J connectivity index is 2.11. The SMILES string of the molecule is CCCC(=O)C[C@@H]1[C@@]2(C)[C@H](C)c3cccc(O)c3C(=O)[C@@H]2C(O)[C@@]2(O)C(=O)[C@H](C(N)=O)C(O)[C@H](C(C)C)[C@@]12C. The second kappa shape index (κ2) is 9.49. The summed E-state index contributed by atoms with van der Waals surface area (Å²) in [5, 5.41) is 46.7. The van der Waals surface area contributed by atoms with Crippen molar-refractivity contribution >= 4 is 23.3 Å². The van der Waals surface area contributed by atoms with E-state index in [1.165, 1.54) is 6.07 Å². The molecule has 3 aliphatic rings. The molecule has 1 aromatic carbocycles. The van der Waals surface area contributed by atoms with Crippen LogP contribution < -0.4 is 5.73 Å². The van der Waals surface area contributed by atoms with E-state index >= 15 is 0 Å². The number of Topliss-reactive ketones (excluding diaryl/α,β-unsaturated/α-hetero) is 3. The topological polar surface area (TPSA) is 175 Å². The van der Waals surface area contributed by atoms with E-state index in [1.807, 2.05) is 13.8 Å². The number of aliphatic hydroxyl groups is 3. The van der Waals surface area contributed by atoms with E-state index in [9.17, 15) is 39.6 Å². The second-order valence-corrected chi connectivity index (χ2v) is 12.7. The smallest absolute Gasteiger partial charge is 0.230 e. The first-order valence-corrected chi connectivity index (χ1v) is 13.8. The Morgan fingerprint density at radius 1 is 1.13 bits per heavy atom. The minimum absolute atomic E-state index is 0.00696. The summed E-state index contributed by atoms with van der Waals surface area (Å²) in [6.45, 7) is 10.7. The van der Waals surface area contributed by atoms with Crippen LogP contribution in [0, 0.1) is 40.4 Å². The fraction of sp³-hybridized carbons (Fsp3) is 0.667. The van der Waals surface area contributed by atoms with Gasteiger partial charge in [-0.2, -0.15) is 0 Å². The second-order valence-electron chi connectivity index (χ2n) is 12.7. The Hall–Kier alpha value is -2.62. The highest BCUT2D eigenvalue weighted by atomic mass is 16.4. The average molecular weight is 544 g/mol. The van der Waals surface area contributed by atoms with Gasteiger partial charge in [0.1, 0.15) is 23.6 Å². The number of hydrogen-bond acceptors (Lipinski definition) is 8. The molecule has 0 radical (unpaired) electrons. The fourth-order valence-electron chi connectivity index (χ4n) is 8.98. The standard InChI is InChI=1S/C30H41NO8/c1-7-9-15(32)12-18-28(5)14(4)16-10-8-11-17(33)19(16)23(34)22(28)26(37)30(39)25(36)20(27(31)38)24(35)21(13(2)3)29(18,30)6/h8,10-11,13-14,18,20-22,24,26,33,35,37,39H,7,9,12H2,1-6H3,(H2,31,38)/t14-,18-,20-,21+,22-,24?,26?,28-,29-,30+/m1/s1. The van der Waals surface area contributed by atoms with Crippen LogP contribution in [0.1, 0.15) is 82.6 Å². The van der Waals surface area contributed by atoms with Crippen LogP contribution >= 0.6 is 0 Å². The lowest BCUT2D eigenvalue weighted by Gasteiger charge is -2.71. The number of fused-ring (bicyclic) bond motifs is 3. The molecule has 0 aliphatic heterocycles. The summed E-state index contributed by atoms with van der Waals surface area (Å²) < 4.78 is 0. The van der Waals surface area contributed by atoms with E-state index in [1.54, 1.807) is 39.8 Å². The number of aromatic hydroxyl groups is 1. The first kappa shape index (κ1) is 29.4. The zero-order chi connectivity index (χ0) is 29.4. The maximum atomic E-state index is 14.1. The molecule has 0 heterocycles. The molecule has 6 N–H and O–H groups in total. The van der Waals surface area contributed by atoms with Crippen molar-refractivity contribution in [3.63, 3.8) is 0 Å². The highest BCUT2D eigenvalue weighted by Gasteiger charge is 2.80. The Bertz CT molecular complexity index is 1230.